The molecule has 1 amide bonds. The first-order chi connectivity index (χ1) is 5.47. The van der Waals surface area contributed by atoms with Crippen molar-refractivity contribution in [1.29, 1.82) is 0 Å². The fourth-order valence-electron chi connectivity index (χ4n) is 1.14. The maximum Gasteiger partial charge on any atom is 0.237 e. The summed E-state index contributed by atoms with van der Waals surface area (Å²) >= 11 is 0. The molecule has 1 aliphatic carbocycles. The number of amides is 1. The number of hydrogen-bond acceptors (Lipinski definition) is 2. The number of hydrogen-bond donors (Lipinski definition) is 2. The van der Waals surface area contributed by atoms with Crippen molar-refractivity contribution in [1.82, 2.24) is 10.6 Å². The average molecular weight is 170 g/mol. The minimum atomic E-state index is -0.0820. The number of carbonyl (C=O) groups is 1. The fraction of sp³-hybridized carbons (Fsp3) is 0.889. The highest BCUT2D eigenvalue weighted by Gasteiger charge is 2.46. The second-order valence-corrected chi connectivity index (χ2v) is 4.26. The van der Waals surface area contributed by atoms with Crippen LogP contribution in [0.5, 0.6) is 0 Å². The Hall–Kier alpha value is -0.570. The maximum atomic E-state index is 11.3. The Morgan fingerprint density at radius 2 is 2.08 bits per heavy atom. The molecule has 3 heteroatoms. The van der Waals surface area contributed by atoms with Gasteiger partial charge in [-0.3, -0.25) is 4.79 Å². The quantitative estimate of drug-likeness (QED) is 0.648. The van der Waals surface area contributed by atoms with E-state index in [9.17, 15) is 4.79 Å². The lowest BCUT2D eigenvalue weighted by Crippen LogP contribution is -2.42. The maximum absolute atomic E-state index is 11.3. The second-order valence-electron chi connectivity index (χ2n) is 4.26. The molecule has 1 saturated carbocycles. The Morgan fingerprint density at radius 1 is 1.58 bits per heavy atom. The Balaban J connectivity index is 2.29. The Bertz CT molecular complexity index is 189. The minimum absolute atomic E-state index is 0.0820. The SMILES string of the molecule is CNC(C)C(=O)NC1CC1(C)C. The molecule has 3 nitrogen and oxygen atoms in total. The molecule has 2 atom stereocenters. The topological polar surface area (TPSA) is 41.1 Å². The molecule has 0 aromatic rings. The van der Waals surface area contributed by atoms with Gasteiger partial charge in [0.05, 0.1) is 6.04 Å². The smallest absolute Gasteiger partial charge is 0.237 e. The van der Waals surface area contributed by atoms with Crippen molar-refractivity contribution in [3.63, 3.8) is 0 Å². The van der Waals surface area contributed by atoms with Gasteiger partial charge in [0.25, 0.3) is 0 Å². The van der Waals surface area contributed by atoms with Crippen LogP contribution in [0.15, 0.2) is 0 Å². The van der Waals surface area contributed by atoms with Crippen molar-refractivity contribution >= 4 is 5.91 Å². The van der Waals surface area contributed by atoms with Crippen LogP contribution < -0.4 is 10.6 Å². The highest BCUT2D eigenvalue weighted by Crippen LogP contribution is 2.44. The molecule has 1 rings (SSSR count). The van der Waals surface area contributed by atoms with E-state index in [1.54, 1.807) is 7.05 Å². The van der Waals surface area contributed by atoms with Gasteiger partial charge in [-0.1, -0.05) is 13.8 Å². The van der Waals surface area contributed by atoms with Gasteiger partial charge in [0.2, 0.25) is 5.91 Å². The van der Waals surface area contributed by atoms with Gasteiger partial charge < -0.3 is 10.6 Å². The van der Waals surface area contributed by atoms with E-state index < -0.39 is 0 Å². The van der Waals surface area contributed by atoms with Gasteiger partial charge in [0.1, 0.15) is 0 Å². The van der Waals surface area contributed by atoms with Crippen LogP contribution in [0.3, 0.4) is 0 Å². The van der Waals surface area contributed by atoms with Gasteiger partial charge in [-0.15, -0.1) is 0 Å². The molecule has 0 heterocycles. The summed E-state index contributed by atoms with van der Waals surface area (Å²) in [6.07, 6.45) is 1.11. The summed E-state index contributed by atoms with van der Waals surface area (Å²) < 4.78 is 0. The zero-order chi connectivity index (χ0) is 9.35. The summed E-state index contributed by atoms with van der Waals surface area (Å²) in [4.78, 5) is 11.3. The van der Waals surface area contributed by atoms with E-state index in [0.717, 1.165) is 6.42 Å². The normalized spacial score (nSPS) is 27.8. The molecule has 2 unspecified atom stereocenters. The summed E-state index contributed by atoms with van der Waals surface area (Å²) in [7, 11) is 1.79. The standard InChI is InChI=1S/C9H18N2O/c1-6(10-4)8(12)11-7-5-9(7,2)3/h6-7,10H,5H2,1-4H3,(H,11,12). The van der Waals surface area contributed by atoms with Gasteiger partial charge in [0, 0.05) is 6.04 Å². The highest BCUT2D eigenvalue weighted by molar-refractivity contribution is 5.81. The molecule has 0 saturated heterocycles. The number of likely N-dealkylation sites (N-methyl/N-ethyl adjacent to an activating group) is 1. The molecule has 1 fully saturated rings. The summed E-state index contributed by atoms with van der Waals surface area (Å²) in [6, 6.07) is 0.308. The van der Waals surface area contributed by atoms with Crippen molar-refractivity contribution in [2.45, 2.75) is 39.3 Å². The molecule has 70 valence electrons. The minimum Gasteiger partial charge on any atom is -0.351 e. The Kier molecular flexibility index (Phi) is 2.42. The monoisotopic (exact) mass is 170 g/mol. The van der Waals surface area contributed by atoms with Crippen LogP contribution >= 0.6 is 0 Å². The van der Waals surface area contributed by atoms with Gasteiger partial charge in [0.15, 0.2) is 0 Å². The first-order valence-corrected chi connectivity index (χ1v) is 4.45. The van der Waals surface area contributed by atoms with E-state index >= 15 is 0 Å². The molecule has 12 heavy (non-hydrogen) atoms. The van der Waals surface area contributed by atoms with E-state index in [4.69, 9.17) is 0 Å². The van der Waals surface area contributed by atoms with Crippen LogP contribution in [0.4, 0.5) is 0 Å². The average Bonchev–Trinajstić information content (AvgIpc) is 2.57. The van der Waals surface area contributed by atoms with Crippen molar-refractivity contribution in [3.05, 3.63) is 0 Å². The third-order valence-electron chi connectivity index (χ3n) is 2.66. The molecular formula is C9H18N2O. The Morgan fingerprint density at radius 3 is 2.42 bits per heavy atom. The lowest BCUT2D eigenvalue weighted by molar-refractivity contribution is -0.122. The number of rotatable bonds is 3. The third kappa shape index (κ3) is 1.97. The summed E-state index contributed by atoms with van der Waals surface area (Å²) in [5.41, 5.74) is 0.323. The summed E-state index contributed by atoms with van der Waals surface area (Å²) in [6.45, 7) is 6.20. The molecule has 0 spiro atoms. The Labute approximate surface area is 73.9 Å². The number of carbonyl (C=O) groups excluding carboxylic acids is 1. The largest absolute Gasteiger partial charge is 0.351 e. The molecule has 1 aliphatic rings. The zero-order valence-electron chi connectivity index (χ0n) is 8.27. The zero-order valence-corrected chi connectivity index (χ0v) is 8.27. The highest BCUT2D eigenvalue weighted by atomic mass is 16.2. The summed E-state index contributed by atoms with van der Waals surface area (Å²) in [5, 5.41) is 5.91. The molecule has 0 aromatic carbocycles. The van der Waals surface area contributed by atoms with Gasteiger partial charge in [-0.05, 0) is 25.8 Å². The fourth-order valence-corrected chi connectivity index (χ4v) is 1.14. The molecule has 0 aromatic heterocycles. The third-order valence-corrected chi connectivity index (χ3v) is 2.66. The van der Waals surface area contributed by atoms with Crippen molar-refractivity contribution in [2.24, 2.45) is 5.41 Å². The predicted molar refractivity (Wildman–Crippen MR) is 48.9 cm³/mol. The van der Waals surface area contributed by atoms with E-state index in [0.29, 0.717) is 11.5 Å². The van der Waals surface area contributed by atoms with Crippen molar-refractivity contribution < 1.29 is 4.79 Å². The predicted octanol–water partition coefficient (Wildman–Crippen LogP) is 0.509. The number of nitrogens with one attached hydrogen (secondary N) is 2. The second kappa shape index (κ2) is 3.05. The molecule has 2 N–H and O–H groups in total. The molecule has 0 bridgehead atoms. The van der Waals surface area contributed by atoms with Gasteiger partial charge >= 0.3 is 0 Å². The van der Waals surface area contributed by atoms with Crippen LogP contribution in [0.25, 0.3) is 0 Å². The van der Waals surface area contributed by atoms with E-state index in [-0.39, 0.29) is 11.9 Å². The first kappa shape index (κ1) is 9.52. The van der Waals surface area contributed by atoms with Gasteiger partial charge in [-0.2, -0.15) is 0 Å². The molecule has 0 radical (unpaired) electrons. The van der Waals surface area contributed by atoms with Crippen LogP contribution in [0.2, 0.25) is 0 Å². The lowest BCUT2D eigenvalue weighted by atomic mass is 10.2. The van der Waals surface area contributed by atoms with E-state index in [2.05, 4.69) is 24.5 Å². The van der Waals surface area contributed by atoms with Crippen LogP contribution in [0.1, 0.15) is 27.2 Å². The van der Waals surface area contributed by atoms with Crippen LogP contribution in [-0.2, 0) is 4.79 Å². The first-order valence-electron chi connectivity index (χ1n) is 4.45. The molecule has 0 aliphatic heterocycles. The van der Waals surface area contributed by atoms with Gasteiger partial charge in [-0.25, -0.2) is 0 Å². The van der Waals surface area contributed by atoms with E-state index in [1.807, 2.05) is 6.92 Å². The van der Waals surface area contributed by atoms with Crippen LogP contribution in [0, 0.1) is 5.41 Å². The summed E-state index contributed by atoms with van der Waals surface area (Å²) in [5.74, 6) is 0.105. The van der Waals surface area contributed by atoms with E-state index in [1.165, 1.54) is 0 Å². The van der Waals surface area contributed by atoms with Crippen molar-refractivity contribution in [2.75, 3.05) is 7.05 Å². The van der Waals surface area contributed by atoms with Crippen molar-refractivity contribution in [3.8, 4) is 0 Å². The lowest BCUT2D eigenvalue weighted by Gasteiger charge is -2.11. The molecular weight excluding hydrogens is 152 g/mol. The van der Waals surface area contributed by atoms with Crippen LogP contribution in [-0.4, -0.2) is 25.0 Å².